The first-order chi connectivity index (χ1) is 9.32. The molecular weight excluding hydrogens is 285 g/mol. The van der Waals surface area contributed by atoms with Crippen molar-refractivity contribution in [1.82, 2.24) is 4.90 Å². The first-order valence-electron chi connectivity index (χ1n) is 6.48. The molecule has 1 aliphatic rings. The summed E-state index contributed by atoms with van der Waals surface area (Å²) in [5, 5.41) is 19.8. The summed E-state index contributed by atoms with van der Waals surface area (Å²) in [6, 6.07) is 1.89. The van der Waals surface area contributed by atoms with Gasteiger partial charge < -0.3 is 15.1 Å². The molecule has 0 unspecified atom stereocenters. The molecule has 20 heavy (non-hydrogen) atoms. The van der Waals surface area contributed by atoms with Crippen LogP contribution in [0.5, 0.6) is 5.75 Å². The molecule has 1 fully saturated rings. The van der Waals surface area contributed by atoms with Crippen LogP contribution in [0.15, 0.2) is 12.1 Å². The lowest BCUT2D eigenvalue weighted by Gasteiger charge is -2.28. The lowest BCUT2D eigenvalue weighted by molar-refractivity contribution is 0.0155. The molecule has 1 aliphatic carbocycles. The molecule has 2 N–H and O–H groups in total. The van der Waals surface area contributed by atoms with E-state index in [0.29, 0.717) is 12.8 Å². The van der Waals surface area contributed by atoms with Gasteiger partial charge in [-0.2, -0.15) is 0 Å². The third kappa shape index (κ3) is 3.04. The molecule has 1 saturated carbocycles. The van der Waals surface area contributed by atoms with Crippen LogP contribution in [0, 0.1) is 5.82 Å². The number of amides is 1. The molecule has 0 bridgehead atoms. The molecule has 1 aromatic carbocycles. The number of carbonyl (C=O) groups is 1. The first-order valence-corrected chi connectivity index (χ1v) is 6.86. The number of hydrogen-bond donors (Lipinski definition) is 2. The number of halogens is 2. The molecule has 0 aromatic heterocycles. The number of phenols is 1. The fourth-order valence-corrected chi connectivity index (χ4v) is 2.85. The molecule has 1 aromatic rings. The lowest BCUT2D eigenvalue weighted by Crippen LogP contribution is -2.42. The van der Waals surface area contributed by atoms with E-state index in [2.05, 4.69) is 0 Å². The molecule has 0 heterocycles. The summed E-state index contributed by atoms with van der Waals surface area (Å²) in [4.78, 5) is 13.5. The summed E-state index contributed by atoms with van der Waals surface area (Å²) in [5.74, 6) is -1.70. The van der Waals surface area contributed by atoms with Crippen molar-refractivity contribution < 1.29 is 19.4 Å². The SMILES string of the molecule is CN(CC1(O)CCCC1)C(=O)c1cc(F)cc(Cl)c1O. The van der Waals surface area contributed by atoms with Gasteiger partial charge in [0.2, 0.25) is 0 Å². The number of rotatable bonds is 3. The molecule has 0 saturated heterocycles. The Labute approximate surface area is 121 Å². The van der Waals surface area contributed by atoms with Crippen molar-refractivity contribution in [2.24, 2.45) is 0 Å². The van der Waals surface area contributed by atoms with Crippen molar-refractivity contribution in [2.45, 2.75) is 31.3 Å². The summed E-state index contributed by atoms with van der Waals surface area (Å²) < 4.78 is 13.3. The molecule has 1 amide bonds. The monoisotopic (exact) mass is 301 g/mol. The molecular formula is C14H17ClFNO3. The number of benzene rings is 1. The quantitative estimate of drug-likeness (QED) is 0.902. The maximum Gasteiger partial charge on any atom is 0.257 e. The zero-order valence-corrected chi connectivity index (χ0v) is 12.0. The van der Waals surface area contributed by atoms with Crippen LogP contribution in [0.1, 0.15) is 36.0 Å². The van der Waals surface area contributed by atoms with Gasteiger partial charge in [-0.05, 0) is 25.0 Å². The predicted octanol–water partition coefficient (Wildman–Crippen LogP) is 2.56. The Balaban J connectivity index is 2.18. The zero-order chi connectivity index (χ0) is 14.9. The maximum atomic E-state index is 13.3. The normalized spacial score (nSPS) is 17.2. The van der Waals surface area contributed by atoms with Crippen molar-refractivity contribution in [1.29, 1.82) is 0 Å². The van der Waals surface area contributed by atoms with Gasteiger partial charge in [-0.3, -0.25) is 4.79 Å². The Bertz CT molecular complexity index is 529. The van der Waals surface area contributed by atoms with E-state index >= 15 is 0 Å². The zero-order valence-electron chi connectivity index (χ0n) is 11.2. The third-order valence-corrected chi connectivity index (χ3v) is 3.96. The van der Waals surface area contributed by atoms with Gasteiger partial charge in [0.15, 0.2) is 0 Å². The fraction of sp³-hybridized carbons (Fsp3) is 0.500. The molecule has 0 atom stereocenters. The van der Waals surface area contributed by atoms with Gasteiger partial charge >= 0.3 is 0 Å². The Kier molecular flexibility index (Phi) is 4.20. The largest absolute Gasteiger partial charge is 0.506 e. The van der Waals surface area contributed by atoms with E-state index in [9.17, 15) is 19.4 Å². The highest BCUT2D eigenvalue weighted by molar-refractivity contribution is 6.32. The minimum absolute atomic E-state index is 0.152. The van der Waals surface area contributed by atoms with Gasteiger partial charge in [-0.15, -0.1) is 0 Å². The number of nitrogens with zero attached hydrogens (tertiary/aromatic N) is 1. The fourth-order valence-electron chi connectivity index (χ4n) is 2.64. The smallest absolute Gasteiger partial charge is 0.257 e. The van der Waals surface area contributed by atoms with Gasteiger partial charge in [0.1, 0.15) is 11.6 Å². The number of aliphatic hydroxyl groups is 1. The molecule has 0 radical (unpaired) electrons. The molecule has 4 nitrogen and oxygen atoms in total. The Hall–Kier alpha value is -1.33. The highest BCUT2D eigenvalue weighted by atomic mass is 35.5. The second-order valence-electron chi connectivity index (χ2n) is 5.38. The van der Waals surface area contributed by atoms with E-state index in [1.54, 1.807) is 0 Å². The third-order valence-electron chi connectivity index (χ3n) is 3.67. The molecule has 110 valence electrons. The topological polar surface area (TPSA) is 60.8 Å². The lowest BCUT2D eigenvalue weighted by atomic mass is 10.0. The Morgan fingerprint density at radius 2 is 2.05 bits per heavy atom. The Morgan fingerprint density at radius 1 is 1.45 bits per heavy atom. The van der Waals surface area contributed by atoms with Crippen molar-refractivity contribution in [2.75, 3.05) is 13.6 Å². The standard InChI is InChI=1S/C14H17ClFNO3/c1-17(8-14(20)4-2-3-5-14)13(19)10-6-9(16)7-11(15)12(10)18/h6-7,18,20H,2-5,8H2,1H3. The van der Waals surface area contributed by atoms with E-state index < -0.39 is 23.1 Å². The number of likely N-dealkylation sites (N-methyl/N-ethyl adjacent to an activating group) is 1. The van der Waals surface area contributed by atoms with Crippen LogP contribution in [0.3, 0.4) is 0 Å². The first kappa shape index (κ1) is 15.1. The van der Waals surface area contributed by atoms with Crippen LogP contribution in [0.2, 0.25) is 5.02 Å². The average molecular weight is 302 g/mol. The van der Waals surface area contributed by atoms with Crippen LogP contribution < -0.4 is 0 Å². The Morgan fingerprint density at radius 3 is 2.65 bits per heavy atom. The van der Waals surface area contributed by atoms with E-state index in [-0.39, 0.29) is 17.1 Å². The van der Waals surface area contributed by atoms with Crippen LogP contribution in [0.4, 0.5) is 4.39 Å². The molecule has 0 spiro atoms. The van der Waals surface area contributed by atoms with Gasteiger partial charge in [-0.1, -0.05) is 24.4 Å². The predicted molar refractivity (Wildman–Crippen MR) is 73.5 cm³/mol. The summed E-state index contributed by atoms with van der Waals surface area (Å²) >= 11 is 5.66. The van der Waals surface area contributed by atoms with E-state index in [1.807, 2.05) is 0 Å². The van der Waals surface area contributed by atoms with Crippen molar-refractivity contribution in [3.8, 4) is 5.75 Å². The summed E-state index contributed by atoms with van der Waals surface area (Å²) in [7, 11) is 1.51. The van der Waals surface area contributed by atoms with Gasteiger partial charge in [-0.25, -0.2) is 4.39 Å². The number of phenolic OH excluding ortho intramolecular Hbond substituents is 1. The summed E-state index contributed by atoms with van der Waals surface area (Å²) in [6.07, 6.45) is 3.13. The summed E-state index contributed by atoms with van der Waals surface area (Å²) in [5.41, 5.74) is -1.09. The molecule has 0 aliphatic heterocycles. The van der Waals surface area contributed by atoms with Crippen LogP contribution in [-0.2, 0) is 0 Å². The van der Waals surface area contributed by atoms with E-state index in [1.165, 1.54) is 11.9 Å². The minimum atomic E-state index is -0.892. The average Bonchev–Trinajstić information content (AvgIpc) is 2.79. The minimum Gasteiger partial charge on any atom is -0.506 e. The maximum absolute atomic E-state index is 13.3. The van der Waals surface area contributed by atoms with Crippen molar-refractivity contribution >= 4 is 17.5 Å². The molecule has 2 rings (SSSR count). The number of aromatic hydroxyl groups is 1. The number of carbonyl (C=O) groups excluding carboxylic acids is 1. The van der Waals surface area contributed by atoms with Crippen LogP contribution >= 0.6 is 11.6 Å². The van der Waals surface area contributed by atoms with E-state index in [4.69, 9.17) is 11.6 Å². The van der Waals surface area contributed by atoms with E-state index in [0.717, 1.165) is 25.0 Å². The van der Waals surface area contributed by atoms with Crippen LogP contribution in [-0.4, -0.2) is 40.2 Å². The summed E-state index contributed by atoms with van der Waals surface area (Å²) in [6.45, 7) is 0.152. The van der Waals surface area contributed by atoms with Crippen LogP contribution in [0.25, 0.3) is 0 Å². The number of hydrogen-bond acceptors (Lipinski definition) is 3. The highest BCUT2D eigenvalue weighted by Gasteiger charge is 2.34. The highest BCUT2D eigenvalue weighted by Crippen LogP contribution is 2.32. The van der Waals surface area contributed by atoms with Crippen molar-refractivity contribution in [3.63, 3.8) is 0 Å². The second kappa shape index (κ2) is 5.58. The van der Waals surface area contributed by atoms with Gasteiger partial charge in [0.05, 0.1) is 16.2 Å². The van der Waals surface area contributed by atoms with Gasteiger partial charge in [0.25, 0.3) is 5.91 Å². The second-order valence-corrected chi connectivity index (χ2v) is 5.78. The van der Waals surface area contributed by atoms with Gasteiger partial charge in [0, 0.05) is 13.6 Å². The molecule has 6 heteroatoms. The van der Waals surface area contributed by atoms with Crippen molar-refractivity contribution in [3.05, 3.63) is 28.5 Å².